The summed E-state index contributed by atoms with van der Waals surface area (Å²) in [5.41, 5.74) is 3.18. The molecule has 134 valence electrons. The zero-order chi connectivity index (χ0) is 17.4. The third kappa shape index (κ3) is 3.16. The van der Waals surface area contributed by atoms with Gasteiger partial charge in [0.2, 0.25) is 11.8 Å². The van der Waals surface area contributed by atoms with Gasteiger partial charge in [-0.25, -0.2) is 5.48 Å². The van der Waals surface area contributed by atoms with E-state index < -0.39 is 17.9 Å². The molecule has 0 aromatic heterocycles. The number of hydrogen-bond acceptors (Lipinski definition) is 4. The number of hydroxylamine groups is 1. The van der Waals surface area contributed by atoms with Crippen LogP contribution in [-0.2, 0) is 9.59 Å². The molecule has 1 aliphatic carbocycles. The second-order valence-corrected chi connectivity index (χ2v) is 7.83. The molecule has 1 aromatic rings. The predicted octanol–water partition coefficient (Wildman–Crippen LogP) is 1.27. The van der Waals surface area contributed by atoms with E-state index in [4.69, 9.17) is 5.21 Å². The van der Waals surface area contributed by atoms with Gasteiger partial charge < -0.3 is 10.2 Å². The molecule has 3 atom stereocenters. The van der Waals surface area contributed by atoms with Crippen LogP contribution in [0.5, 0.6) is 0 Å². The van der Waals surface area contributed by atoms with Crippen LogP contribution in [0.4, 0.5) is 0 Å². The molecule has 3 aliphatic rings. The van der Waals surface area contributed by atoms with Crippen molar-refractivity contribution >= 4 is 11.8 Å². The summed E-state index contributed by atoms with van der Waals surface area (Å²) in [4.78, 5) is 27.0. The van der Waals surface area contributed by atoms with Crippen molar-refractivity contribution in [3.8, 4) is 0 Å². The molecule has 2 amide bonds. The zero-order valence-electron chi connectivity index (χ0n) is 14.3. The minimum absolute atomic E-state index is 0.0115. The van der Waals surface area contributed by atoms with Crippen LogP contribution in [0, 0.1) is 11.3 Å². The van der Waals surface area contributed by atoms with E-state index in [0.29, 0.717) is 18.9 Å². The quantitative estimate of drug-likeness (QED) is 0.570. The molecule has 25 heavy (non-hydrogen) atoms. The molecular weight excluding hydrogens is 318 g/mol. The van der Waals surface area contributed by atoms with Gasteiger partial charge in [0, 0.05) is 25.6 Å². The van der Waals surface area contributed by atoms with Crippen LogP contribution < -0.4 is 10.8 Å². The number of hydrogen-bond donors (Lipinski definition) is 3. The lowest BCUT2D eigenvalue weighted by Crippen LogP contribution is -2.58. The Kier molecular flexibility index (Phi) is 4.25. The first-order valence-corrected chi connectivity index (χ1v) is 9.13. The number of amides is 2. The van der Waals surface area contributed by atoms with Gasteiger partial charge in [-0.05, 0) is 36.7 Å². The molecule has 6 nitrogen and oxygen atoms in total. The Morgan fingerprint density at radius 2 is 2.00 bits per heavy atom. The first-order chi connectivity index (χ1) is 12.1. The SMILES string of the molecule is O=C(NO)[C@H]1CC2(CC2)CN[C@@H]1C(=O)N1CC[C@@H](c2ccccc2)C1. The average molecular weight is 343 g/mol. The summed E-state index contributed by atoms with van der Waals surface area (Å²) >= 11 is 0. The number of nitrogens with zero attached hydrogens (tertiary/aromatic N) is 1. The van der Waals surface area contributed by atoms with Gasteiger partial charge in [-0.1, -0.05) is 30.3 Å². The van der Waals surface area contributed by atoms with Crippen LogP contribution in [-0.4, -0.2) is 47.6 Å². The minimum atomic E-state index is -0.534. The van der Waals surface area contributed by atoms with Crippen molar-refractivity contribution in [3.63, 3.8) is 0 Å². The Labute approximate surface area is 147 Å². The number of benzene rings is 1. The molecule has 1 spiro atoms. The van der Waals surface area contributed by atoms with Gasteiger partial charge in [-0.15, -0.1) is 0 Å². The highest BCUT2D eigenvalue weighted by atomic mass is 16.5. The number of carbonyl (C=O) groups excluding carboxylic acids is 2. The lowest BCUT2D eigenvalue weighted by atomic mass is 9.81. The van der Waals surface area contributed by atoms with Crippen molar-refractivity contribution in [1.82, 2.24) is 15.7 Å². The van der Waals surface area contributed by atoms with Gasteiger partial charge in [0.25, 0.3) is 0 Å². The van der Waals surface area contributed by atoms with Crippen molar-refractivity contribution < 1.29 is 14.8 Å². The molecular formula is C19H25N3O3. The minimum Gasteiger partial charge on any atom is -0.341 e. The smallest absolute Gasteiger partial charge is 0.248 e. The Hall–Kier alpha value is -1.92. The van der Waals surface area contributed by atoms with Crippen molar-refractivity contribution in [2.45, 2.75) is 37.6 Å². The molecule has 3 N–H and O–H groups in total. The molecule has 3 fully saturated rings. The lowest BCUT2D eigenvalue weighted by Gasteiger charge is -2.37. The summed E-state index contributed by atoms with van der Waals surface area (Å²) in [6, 6.07) is 9.73. The number of likely N-dealkylation sites (tertiary alicyclic amines) is 1. The molecule has 0 bridgehead atoms. The summed E-state index contributed by atoms with van der Waals surface area (Å²) in [6.45, 7) is 2.20. The Balaban J connectivity index is 1.45. The van der Waals surface area contributed by atoms with Gasteiger partial charge in [-0.3, -0.25) is 14.8 Å². The second kappa shape index (κ2) is 6.42. The highest BCUT2D eigenvalue weighted by molar-refractivity contribution is 5.90. The summed E-state index contributed by atoms with van der Waals surface area (Å²) in [5.74, 6) is -0.601. The number of carbonyl (C=O) groups is 2. The van der Waals surface area contributed by atoms with E-state index in [9.17, 15) is 9.59 Å². The van der Waals surface area contributed by atoms with Crippen molar-refractivity contribution in [3.05, 3.63) is 35.9 Å². The largest absolute Gasteiger partial charge is 0.341 e. The number of nitrogens with one attached hydrogen (secondary N) is 2. The maximum atomic E-state index is 13.0. The van der Waals surface area contributed by atoms with Crippen LogP contribution in [0.3, 0.4) is 0 Å². The molecule has 4 rings (SSSR count). The number of rotatable bonds is 3. The summed E-state index contributed by atoms with van der Waals surface area (Å²) in [6.07, 6.45) is 3.81. The van der Waals surface area contributed by atoms with Crippen molar-refractivity contribution in [2.75, 3.05) is 19.6 Å². The monoisotopic (exact) mass is 343 g/mol. The third-order valence-corrected chi connectivity index (χ3v) is 6.19. The molecule has 2 saturated heterocycles. The van der Waals surface area contributed by atoms with Gasteiger partial charge in [0.15, 0.2) is 0 Å². The first kappa shape index (κ1) is 16.5. The van der Waals surface area contributed by atoms with Crippen LogP contribution in [0.2, 0.25) is 0 Å². The summed E-state index contributed by atoms with van der Waals surface area (Å²) < 4.78 is 0. The van der Waals surface area contributed by atoms with Gasteiger partial charge in [-0.2, -0.15) is 0 Å². The standard InChI is InChI=1S/C19H25N3O3/c23-17(21-25)15-10-19(7-8-19)12-20-16(15)18(24)22-9-6-14(11-22)13-4-2-1-3-5-13/h1-5,14-16,20,25H,6-12H2,(H,21,23)/t14-,15+,16+/m1/s1. The highest BCUT2D eigenvalue weighted by Crippen LogP contribution is 2.52. The fourth-order valence-electron chi connectivity index (χ4n) is 4.42. The summed E-state index contributed by atoms with van der Waals surface area (Å²) in [5, 5.41) is 12.4. The topological polar surface area (TPSA) is 81.7 Å². The molecule has 2 aliphatic heterocycles. The van der Waals surface area contributed by atoms with Crippen molar-refractivity contribution in [1.29, 1.82) is 0 Å². The number of piperidine rings is 1. The van der Waals surface area contributed by atoms with E-state index in [-0.39, 0.29) is 11.3 Å². The van der Waals surface area contributed by atoms with Crippen molar-refractivity contribution in [2.24, 2.45) is 11.3 Å². The highest BCUT2D eigenvalue weighted by Gasteiger charge is 2.53. The molecule has 6 heteroatoms. The van der Waals surface area contributed by atoms with Crippen LogP contribution >= 0.6 is 0 Å². The lowest BCUT2D eigenvalue weighted by molar-refractivity contribution is -0.144. The molecule has 0 unspecified atom stereocenters. The first-order valence-electron chi connectivity index (χ1n) is 9.13. The third-order valence-electron chi connectivity index (χ3n) is 6.19. The van der Waals surface area contributed by atoms with Crippen LogP contribution in [0.25, 0.3) is 0 Å². The van der Waals surface area contributed by atoms with E-state index >= 15 is 0 Å². The van der Waals surface area contributed by atoms with Crippen LogP contribution in [0.1, 0.15) is 37.2 Å². The van der Waals surface area contributed by atoms with Gasteiger partial charge in [0.1, 0.15) is 0 Å². The van der Waals surface area contributed by atoms with E-state index in [2.05, 4.69) is 17.4 Å². The van der Waals surface area contributed by atoms with Crippen LogP contribution in [0.15, 0.2) is 30.3 Å². The van der Waals surface area contributed by atoms with E-state index in [1.807, 2.05) is 23.1 Å². The predicted molar refractivity (Wildman–Crippen MR) is 91.9 cm³/mol. The second-order valence-electron chi connectivity index (χ2n) is 7.83. The fraction of sp³-hybridized carbons (Fsp3) is 0.579. The zero-order valence-corrected chi connectivity index (χ0v) is 14.3. The van der Waals surface area contributed by atoms with Gasteiger partial charge >= 0.3 is 0 Å². The van der Waals surface area contributed by atoms with Gasteiger partial charge in [0.05, 0.1) is 12.0 Å². The normalized spacial score (nSPS) is 30.3. The average Bonchev–Trinajstić information content (AvgIpc) is 3.22. The molecule has 2 heterocycles. The Morgan fingerprint density at radius 3 is 2.68 bits per heavy atom. The fourth-order valence-corrected chi connectivity index (χ4v) is 4.42. The van der Waals surface area contributed by atoms with E-state index in [0.717, 1.165) is 32.4 Å². The molecule has 1 aromatic carbocycles. The Bertz CT molecular complexity index is 659. The maximum absolute atomic E-state index is 13.0. The Morgan fingerprint density at radius 1 is 1.24 bits per heavy atom. The maximum Gasteiger partial charge on any atom is 0.248 e. The van der Waals surface area contributed by atoms with E-state index in [1.54, 1.807) is 5.48 Å². The molecule has 0 radical (unpaired) electrons. The summed E-state index contributed by atoms with van der Waals surface area (Å²) in [7, 11) is 0. The van der Waals surface area contributed by atoms with E-state index in [1.165, 1.54) is 5.56 Å². The molecule has 1 saturated carbocycles.